The normalized spacial score (nSPS) is 16.9. The molecule has 0 aliphatic heterocycles. The van der Waals surface area contributed by atoms with Crippen molar-refractivity contribution in [2.75, 3.05) is 26.0 Å². The Morgan fingerprint density at radius 2 is 1.50 bits per heavy atom. The summed E-state index contributed by atoms with van der Waals surface area (Å²) in [6, 6.07) is 0.798. The highest BCUT2D eigenvalue weighted by Gasteiger charge is 2.39. The van der Waals surface area contributed by atoms with Crippen LogP contribution in [-0.4, -0.2) is 45.3 Å². The van der Waals surface area contributed by atoms with Crippen LogP contribution in [0.4, 0.5) is 0 Å². The van der Waals surface area contributed by atoms with Crippen molar-refractivity contribution < 1.29 is 18.2 Å². The third-order valence-electron chi connectivity index (χ3n) is 3.34. The topological polar surface area (TPSA) is 47.9 Å². The van der Waals surface area contributed by atoms with Crippen LogP contribution in [0.2, 0.25) is 6.04 Å². The van der Waals surface area contributed by atoms with Gasteiger partial charge in [-0.1, -0.05) is 25.7 Å². The zero-order valence-electron chi connectivity index (χ0n) is 13.6. The van der Waals surface area contributed by atoms with E-state index in [1.807, 2.05) is 27.7 Å². The second-order valence-corrected chi connectivity index (χ2v) is 12.4. The molecule has 0 fully saturated rings. The number of hydrogen-bond donors (Lipinski definition) is 1. The summed E-state index contributed by atoms with van der Waals surface area (Å²) in [7, 11) is -2.53. The van der Waals surface area contributed by atoms with E-state index >= 15 is 0 Å². The number of hydrogen-bond acceptors (Lipinski definition) is 4. The molecule has 0 aromatic carbocycles. The molecule has 0 saturated carbocycles. The van der Waals surface area contributed by atoms with Crippen molar-refractivity contribution in [2.45, 2.75) is 59.2 Å². The minimum absolute atomic E-state index is 0.194. The monoisotopic (exact) mass is 342 g/mol. The van der Waals surface area contributed by atoms with Gasteiger partial charge >= 0.3 is 8.80 Å². The van der Waals surface area contributed by atoms with E-state index in [0.29, 0.717) is 26.0 Å². The Hall–Kier alpha value is 0.707. The fraction of sp³-hybridized carbons (Fsp3) is 1.00. The van der Waals surface area contributed by atoms with E-state index in [1.54, 1.807) is 0 Å². The summed E-state index contributed by atoms with van der Waals surface area (Å²) in [5.74, 6) is 0. The molecule has 0 amide bonds. The first-order valence-electron chi connectivity index (χ1n) is 7.60. The molecule has 0 radical (unpaired) electrons. The van der Waals surface area contributed by atoms with Gasteiger partial charge in [0.05, 0.1) is 6.26 Å². The van der Waals surface area contributed by atoms with Crippen molar-refractivity contribution in [3.05, 3.63) is 0 Å². The first kappa shape index (κ1) is 20.7. The van der Waals surface area contributed by atoms with Gasteiger partial charge in [-0.2, -0.15) is 0 Å². The van der Waals surface area contributed by atoms with Gasteiger partial charge in [-0.25, -0.2) is 0 Å². The summed E-state index contributed by atoms with van der Waals surface area (Å²) in [6.07, 6.45) is 0.366. The summed E-state index contributed by atoms with van der Waals surface area (Å²) in [5, 5.41) is 0. The summed E-state index contributed by atoms with van der Waals surface area (Å²) < 4.78 is 17.5. The molecule has 0 aliphatic rings. The van der Waals surface area contributed by atoms with Crippen LogP contribution in [0, 0.1) is 0 Å². The van der Waals surface area contributed by atoms with Gasteiger partial charge in [-0.3, -0.25) is 0 Å². The highest BCUT2D eigenvalue weighted by atomic mass is 32.4. The Morgan fingerprint density at radius 3 is 1.85 bits per heavy atom. The summed E-state index contributed by atoms with van der Waals surface area (Å²) in [4.78, 5) is 10.2. The van der Waals surface area contributed by atoms with Crippen LogP contribution in [-0.2, 0) is 25.1 Å². The maximum atomic E-state index is 10.2. The smallest absolute Gasteiger partial charge is 0.374 e. The molecule has 0 aromatic rings. The zero-order chi connectivity index (χ0) is 15.6. The van der Waals surface area contributed by atoms with Crippen LogP contribution in [0.5, 0.6) is 0 Å². The van der Waals surface area contributed by atoms with E-state index in [1.165, 1.54) is 0 Å². The van der Waals surface area contributed by atoms with Gasteiger partial charge < -0.3 is 18.2 Å². The maximum Gasteiger partial charge on any atom is 0.500 e. The molecular weight excluding hydrogens is 311 g/mol. The second-order valence-electron chi connectivity index (χ2n) is 4.80. The van der Waals surface area contributed by atoms with Crippen molar-refractivity contribution in [1.82, 2.24) is 0 Å². The molecule has 0 rings (SSSR count). The molecule has 122 valence electrons. The Bertz CT molecular complexity index is 287. The standard InChI is InChI=1S/C13H31O4PSSi/c1-6-15-20(16-7-2,17-8-3)12-10-11-13(5)18(14,19)9-4/h13H,6-12H2,1-5H3,(H,14,19). The van der Waals surface area contributed by atoms with Crippen molar-refractivity contribution in [2.24, 2.45) is 0 Å². The number of rotatable bonds is 12. The molecule has 7 heteroatoms. The predicted octanol–water partition coefficient (Wildman–Crippen LogP) is 3.61. The molecule has 0 heterocycles. The van der Waals surface area contributed by atoms with E-state index in [4.69, 9.17) is 25.1 Å². The summed E-state index contributed by atoms with van der Waals surface area (Å²) >= 11 is 5.31. The van der Waals surface area contributed by atoms with Gasteiger partial charge in [0.15, 0.2) is 0 Å². The summed E-state index contributed by atoms with van der Waals surface area (Å²) in [6.45, 7) is 11.7. The first-order chi connectivity index (χ1) is 9.37. The van der Waals surface area contributed by atoms with Crippen LogP contribution in [0.3, 0.4) is 0 Å². The van der Waals surface area contributed by atoms with Gasteiger partial charge in [0.1, 0.15) is 0 Å². The lowest BCUT2D eigenvalue weighted by molar-refractivity contribution is 0.0707. The summed E-state index contributed by atoms with van der Waals surface area (Å²) in [5.41, 5.74) is 0.194. The van der Waals surface area contributed by atoms with Crippen LogP contribution in [0.15, 0.2) is 0 Å². The van der Waals surface area contributed by atoms with E-state index in [-0.39, 0.29) is 5.66 Å². The Labute approximate surface area is 130 Å². The average Bonchev–Trinajstić information content (AvgIpc) is 2.39. The van der Waals surface area contributed by atoms with E-state index in [2.05, 4.69) is 6.92 Å². The Morgan fingerprint density at radius 1 is 1.05 bits per heavy atom. The lowest BCUT2D eigenvalue weighted by atomic mass is 10.3. The van der Waals surface area contributed by atoms with Crippen LogP contribution in [0.1, 0.15) is 47.5 Å². The van der Waals surface area contributed by atoms with E-state index in [0.717, 1.165) is 18.9 Å². The highest BCUT2D eigenvalue weighted by molar-refractivity contribution is 8.12. The van der Waals surface area contributed by atoms with Crippen molar-refractivity contribution >= 4 is 26.9 Å². The highest BCUT2D eigenvalue weighted by Crippen LogP contribution is 2.48. The minimum atomic E-state index is -2.53. The largest absolute Gasteiger partial charge is 0.500 e. The van der Waals surface area contributed by atoms with Crippen LogP contribution >= 0.6 is 6.26 Å². The van der Waals surface area contributed by atoms with Gasteiger partial charge in [-0.15, -0.1) is 0 Å². The zero-order valence-corrected chi connectivity index (χ0v) is 16.3. The maximum absolute atomic E-state index is 10.2. The predicted molar refractivity (Wildman–Crippen MR) is 91.2 cm³/mol. The van der Waals surface area contributed by atoms with Gasteiger partial charge in [-0.05, 0) is 39.8 Å². The molecule has 1 N–H and O–H groups in total. The third-order valence-corrected chi connectivity index (χ3v) is 10.9. The molecule has 2 atom stereocenters. The van der Waals surface area contributed by atoms with E-state index in [9.17, 15) is 4.89 Å². The SMILES string of the molecule is CCO[Si](CCCC(C)P(O)(=S)CC)(OCC)OCC. The van der Waals surface area contributed by atoms with Crippen molar-refractivity contribution in [3.63, 3.8) is 0 Å². The fourth-order valence-corrected chi connectivity index (χ4v) is 6.29. The molecule has 0 bridgehead atoms. The molecule has 0 aromatic heterocycles. The van der Waals surface area contributed by atoms with Crippen LogP contribution < -0.4 is 0 Å². The van der Waals surface area contributed by atoms with Crippen molar-refractivity contribution in [1.29, 1.82) is 0 Å². The molecule has 4 nitrogen and oxygen atoms in total. The lowest BCUT2D eigenvalue weighted by Gasteiger charge is -2.29. The average molecular weight is 343 g/mol. The molecule has 0 aliphatic carbocycles. The third kappa shape index (κ3) is 7.12. The first-order valence-corrected chi connectivity index (χ1v) is 12.5. The van der Waals surface area contributed by atoms with Gasteiger partial charge in [0.2, 0.25) is 0 Å². The Balaban J connectivity index is 4.49. The molecule has 0 saturated heterocycles. The quantitative estimate of drug-likeness (QED) is 0.434. The molecule has 20 heavy (non-hydrogen) atoms. The van der Waals surface area contributed by atoms with E-state index < -0.39 is 15.1 Å². The minimum Gasteiger partial charge on any atom is -0.374 e. The second kappa shape index (κ2) is 10.4. The van der Waals surface area contributed by atoms with Crippen molar-refractivity contribution in [3.8, 4) is 0 Å². The molecule has 0 spiro atoms. The molecule has 2 unspecified atom stereocenters. The Kier molecular flexibility index (Phi) is 10.8. The van der Waals surface area contributed by atoms with Gasteiger partial charge in [0, 0.05) is 31.5 Å². The lowest BCUT2D eigenvalue weighted by Crippen LogP contribution is -2.46. The molecular formula is C13H31O4PSSi. The van der Waals surface area contributed by atoms with Gasteiger partial charge in [0.25, 0.3) is 0 Å². The fourth-order valence-electron chi connectivity index (χ4n) is 2.13. The van der Waals surface area contributed by atoms with Crippen LogP contribution in [0.25, 0.3) is 0 Å².